The summed E-state index contributed by atoms with van der Waals surface area (Å²) in [4.78, 5) is 9.73. The van der Waals surface area contributed by atoms with Gasteiger partial charge in [0.05, 0.1) is 17.5 Å². The molecule has 1 aromatic carbocycles. The number of nitrogens with zero attached hydrogens (tertiary/aromatic N) is 2. The van der Waals surface area contributed by atoms with Crippen LogP contribution in [0, 0.1) is 0 Å². The van der Waals surface area contributed by atoms with Gasteiger partial charge in [0.15, 0.2) is 0 Å². The molecule has 0 aliphatic heterocycles. The minimum Gasteiger partial charge on any atom is -0.461 e. The Bertz CT molecular complexity index is 775. The van der Waals surface area contributed by atoms with Crippen molar-refractivity contribution in [1.29, 1.82) is 0 Å². The normalized spacial score (nSPS) is 15.6. The van der Waals surface area contributed by atoms with Crippen LogP contribution in [0.3, 0.4) is 0 Å². The number of allylic oxidation sites excluding steroid dienone is 1. The third-order valence-corrected chi connectivity index (χ3v) is 5.34. The van der Waals surface area contributed by atoms with Crippen LogP contribution < -0.4 is 4.74 Å². The monoisotopic (exact) mass is 378 g/mol. The number of hydrogen-bond acceptors (Lipinski definition) is 3. The molecule has 0 saturated heterocycles. The summed E-state index contributed by atoms with van der Waals surface area (Å²) < 4.78 is 5.92. The van der Waals surface area contributed by atoms with Crippen LogP contribution in [0.15, 0.2) is 36.4 Å². The molecular weight excluding hydrogens is 344 g/mol. The highest BCUT2D eigenvalue weighted by Gasteiger charge is 2.24. The fourth-order valence-corrected chi connectivity index (χ4v) is 3.97. The van der Waals surface area contributed by atoms with Gasteiger partial charge in [0.25, 0.3) is 0 Å². The predicted molar refractivity (Wildman–Crippen MR) is 117 cm³/mol. The van der Waals surface area contributed by atoms with Crippen molar-refractivity contribution < 1.29 is 4.74 Å². The summed E-state index contributed by atoms with van der Waals surface area (Å²) in [5, 5.41) is 0. The van der Waals surface area contributed by atoms with E-state index >= 15 is 0 Å². The zero-order chi connectivity index (χ0) is 19.9. The van der Waals surface area contributed by atoms with Crippen molar-refractivity contribution >= 4 is 6.08 Å². The van der Waals surface area contributed by atoms with Gasteiger partial charge in [0.1, 0.15) is 0 Å². The van der Waals surface area contributed by atoms with Gasteiger partial charge in [-0.25, -0.2) is 0 Å². The second kappa shape index (κ2) is 9.86. The highest BCUT2D eigenvalue weighted by atomic mass is 16.5. The summed E-state index contributed by atoms with van der Waals surface area (Å²) in [6.45, 7) is 8.49. The molecule has 0 amide bonds. The Labute approximate surface area is 170 Å². The highest BCUT2D eigenvalue weighted by Crippen LogP contribution is 2.37. The van der Waals surface area contributed by atoms with E-state index in [4.69, 9.17) is 14.7 Å². The summed E-state index contributed by atoms with van der Waals surface area (Å²) in [6.07, 6.45) is 11.9. The molecular formula is C25H34N2O. The first-order valence-electron chi connectivity index (χ1n) is 10.8. The van der Waals surface area contributed by atoms with Crippen LogP contribution in [0.2, 0.25) is 0 Å². The lowest BCUT2D eigenvalue weighted by Crippen LogP contribution is -2.16. The van der Waals surface area contributed by atoms with E-state index in [1.807, 2.05) is 13.8 Å². The first-order chi connectivity index (χ1) is 13.5. The molecule has 0 unspecified atom stereocenters. The van der Waals surface area contributed by atoms with Gasteiger partial charge < -0.3 is 4.74 Å². The number of hydrogen-bond donors (Lipinski definition) is 0. The average molecular weight is 379 g/mol. The predicted octanol–water partition coefficient (Wildman–Crippen LogP) is 6.69. The van der Waals surface area contributed by atoms with Gasteiger partial charge in [-0.1, -0.05) is 75.6 Å². The largest absolute Gasteiger partial charge is 0.461 e. The minimum absolute atomic E-state index is 0.0821. The molecule has 1 fully saturated rings. The number of ether oxygens (including phenoxy) is 1. The average Bonchev–Trinajstić information content (AvgIpc) is 2.69. The van der Waals surface area contributed by atoms with E-state index in [-0.39, 0.29) is 6.10 Å². The van der Waals surface area contributed by atoms with Crippen molar-refractivity contribution in [3.63, 3.8) is 0 Å². The molecule has 3 rings (SSSR count). The minimum atomic E-state index is 0.0821. The van der Waals surface area contributed by atoms with E-state index in [0.717, 1.165) is 12.1 Å². The molecule has 0 atom stereocenters. The smallest absolute Gasteiger partial charge is 0.317 e. The lowest BCUT2D eigenvalue weighted by atomic mass is 9.84. The fourth-order valence-electron chi connectivity index (χ4n) is 3.97. The quantitative estimate of drug-likeness (QED) is 0.538. The van der Waals surface area contributed by atoms with Gasteiger partial charge in [-0.2, -0.15) is 9.97 Å². The summed E-state index contributed by atoms with van der Waals surface area (Å²) >= 11 is 0. The zero-order valence-electron chi connectivity index (χ0n) is 17.8. The second-order valence-electron chi connectivity index (χ2n) is 8.44. The van der Waals surface area contributed by atoms with Crippen molar-refractivity contribution in [3.05, 3.63) is 58.9 Å². The van der Waals surface area contributed by atoms with Crippen LogP contribution in [0.1, 0.15) is 94.1 Å². The lowest BCUT2D eigenvalue weighted by molar-refractivity contribution is 0.219. The third kappa shape index (κ3) is 5.43. The van der Waals surface area contributed by atoms with Gasteiger partial charge in [-0.3, -0.25) is 0 Å². The Kier molecular flexibility index (Phi) is 7.24. The van der Waals surface area contributed by atoms with E-state index < -0.39 is 0 Å². The molecule has 1 heterocycles. The van der Waals surface area contributed by atoms with Gasteiger partial charge in [-0.05, 0) is 44.6 Å². The SMILES string of the molecule is CC(C)Oc1nc(C(C)C)c(/C=C/Cc2ccccc2)c(C2CCCCC2)n1. The molecule has 1 saturated carbocycles. The maximum Gasteiger partial charge on any atom is 0.317 e. The Hall–Kier alpha value is -2.16. The summed E-state index contributed by atoms with van der Waals surface area (Å²) in [7, 11) is 0. The Morgan fingerprint density at radius 3 is 2.36 bits per heavy atom. The summed E-state index contributed by atoms with van der Waals surface area (Å²) in [6, 6.07) is 11.1. The van der Waals surface area contributed by atoms with Crippen LogP contribution in [0.4, 0.5) is 0 Å². The molecule has 150 valence electrons. The van der Waals surface area contributed by atoms with Crippen molar-refractivity contribution in [2.75, 3.05) is 0 Å². The Morgan fingerprint density at radius 1 is 1.00 bits per heavy atom. The molecule has 1 aromatic heterocycles. The molecule has 28 heavy (non-hydrogen) atoms. The molecule has 0 bridgehead atoms. The molecule has 0 spiro atoms. The molecule has 3 nitrogen and oxygen atoms in total. The van der Waals surface area contributed by atoms with Crippen molar-refractivity contribution in [2.24, 2.45) is 0 Å². The van der Waals surface area contributed by atoms with Crippen molar-refractivity contribution in [2.45, 2.75) is 84.2 Å². The maximum absolute atomic E-state index is 5.92. The molecule has 1 aliphatic carbocycles. The Morgan fingerprint density at radius 2 is 1.71 bits per heavy atom. The van der Waals surface area contributed by atoms with Crippen molar-refractivity contribution in [3.8, 4) is 6.01 Å². The van der Waals surface area contributed by atoms with Gasteiger partial charge in [0.2, 0.25) is 0 Å². The summed E-state index contributed by atoms with van der Waals surface area (Å²) in [5.74, 6) is 0.844. The summed E-state index contributed by atoms with van der Waals surface area (Å²) in [5.41, 5.74) is 4.84. The standard InChI is InChI=1S/C25H34N2O/c1-18(2)23-22(17-11-14-20-12-7-5-8-13-20)24(21-15-9-6-10-16-21)27-25(26-23)28-19(3)4/h5,7-8,11-13,17-19,21H,6,9-10,14-16H2,1-4H3/b17-11+. The molecule has 0 radical (unpaired) electrons. The van der Waals surface area contributed by atoms with E-state index in [0.29, 0.717) is 17.8 Å². The first-order valence-corrected chi connectivity index (χ1v) is 10.8. The maximum atomic E-state index is 5.92. The fraction of sp³-hybridized carbons (Fsp3) is 0.520. The van der Waals surface area contributed by atoms with Gasteiger partial charge in [-0.15, -0.1) is 0 Å². The second-order valence-corrected chi connectivity index (χ2v) is 8.44. The van der Waals surface area contributed by atoms with Crippen molar-refractivity contribution in [1.82, 2.24) is 9.97 Å². The molecule has 3 heteroatoms. The highest BCUT2D eigenvalue weighted by molar-refractivity contribution is 5.57. The molecule has 0 N–H and O–H groups in total. The van der Waals surface area contributed by atoms with Crippen LogP contribution in [-0.2, 0) is 6.42 Å². The molecule has 1 aliphatic rings. The van der Waals surface area contributed by atoms with E-state index in [1.54, 1.807) is 0 Å². The zero-order valence-corrected chi connectivity index (χ0v) is 17.8. The number of rotatable bonds is 7. The van der Waals surface area contributed by atoms with Crippen LogP contribution in [-0.4, -0.2) is 16.1 Å². The van der Waals surface area contributed by atoms with E-state index in [2.05, 4.69) is 56.3 Å². The van der Waals surface area contributed by atoms with E-state index in [1.165, 1.54) is 48.9 Å². The molecule has 2 aromatic rings. The van der Waals surface area contributed by atoms with Gasteiger partial charge in [0, 0.05) is 11.5 Å². The first kappa shape index (κ1) is 20.6. The van der Waals surface area contributed by atoms with Crippen LogP contribution >= 0.6 is 0 Å². The topological polar surface area (TPSA) is 35.0 Å². The van der Waals surface area contributed by atoms with Crippen LogP contribution in [0.5, 0.6) is 6.01 Å². The Balaban J connectivity index is 1.98. The third-order valence-electron chi connectivity index (χ3n) is 5.34. The number of benzene rings is 1. The number of aromatic nitrogens is 2. The lowest BCUT2D eigenvalue weighted by Gasteiger charge is -2.25. The van der Waals surface area contributed by atoms with Gasteiger partial charge >= 0.3 is 6.01 Å². The van der Waals surface area contributed by atoms with Crippen LogP contribution in [0.25, 0.3) is 6.08 Å². The van der Waals surface area contributed by atoms with E-state index in [9.17, 15) is 0 Å².